The molecule has 0 unspecified atom stereocenters. The number of piperidine rings is 1. The summed E-state index contributed by atoms with van der Waals surface area (Å²) in [5, 5.41) is 9.20. The number of hydrogen-bond donors (Lipinski definition) is 2. The van der Waals surface area contributed by atoms with Crippen molar-refractivity contribution in [1.29, 1.82) is 0 Å². The van der Waals surface area contributed by atoms with E-state index < -0.39 is 17.3 Å². The van der Waals surface area contributed by atoms with Crippen molar-refractivity contribution in [1.82, 2.24) is 0 Å². The fraction of sp³-hybridized carbons (Fsp3) is 0.429. The van der Waals surface area contributed by atoms with Crippen molar-refractivity contribution in [2.24, 2.45) is 11.1 Å². The fourth-order valence-electron chi connectivity index (χ4n) is 2.41. The third-order valence-corrected chi connectivity index (χ3v) is 3.89. The minimum Gasteiger partial charge on any atom is -0.481 e. The van der Waals surface area contributed by atoms with Crippen molar-refractivity contribution < 1.29 is 14.7 Å². The van der Waals surface area contributed by atoms with Crippen LogP contribution in [-0.4, -0.2) is 30.1 Å². The normalized spacial score (nSPS) is 18.1. The minimum absolute atomic E-state index is 0.456. The standard InChI is InChI=1S/C14H18N2O3/c1-14(13(18)19)6-8-16(9-7-14)11-5-3-2-4-10(11)12(15)17/h2-5H,6-9H2,1H3,(H2,15,17)(H,18,19). The fourth-order valence-corrected chi connectivity index (χ4v) is 2.41. The third-order valence-electron chi connectivity index (χ3n) is 3.89. The molecule has 1 heterocycles. The van der Waals surface area contributed by atoms with E-state index in [1.807, 2.05) is 17.0 Å². The van der Waals surface area contributed by atoms with Crippen LogP contribution >= 0.6 is 0 Å². The first kappa shape index (κ1) is 13.4. The Balaban J connectivity index is 2.19. The van der Waals surface area contributed by atoms with E-state index in [-0.39, 0.29) is 0 Å². The van der Waals surface area contributed by atoms with E-state index in [9.17, 15) is 14.7 Å². The van der Waals surface area contributed by atoms with E-state index in [0.29, 0.717) is 31.5 Å². The largest absolute Gasteiger partial charge is 0.481 e. The molecule has 1 aliphatic heterocycles. The van der Waals surface area contributed by atoms with Crippen molar-refractivity contribution in [3.05, 3.63) is 29.8 Å². The summed E-state index contributed by atoms with van der Waals surface area (Å²) in [4.78, 5) is 24.6. The Bertz CT molecular complexity index is 505. The first-order chi connectivity index (χ1) is 8.94. The van der Waals surface area contributed by atoms with Crippen molar-refractivity contribution in [2.75, 3.05) is 18.0 Å². The second-order valence-corrected chi connectivity index (χ2v) is 5.23. The second-order valence-electron chi connectivity index (χ2n) is 5.23. The van der Waals surface area contributed by atoms with E-state index in [1.54, 1.807) is 19.1 Å². The van der Waals surface area contributed by atoms with Crippen molar-refractivity contribution in [2.45, 2.75) is 19.8 Å². The van der Waals surface area contributed by atoms with Gasteiger partial charge in [0.25, 0.3) is 5.91 Å². The molecule has 0 radical (unpaired) electrons. The van der Waals surface area contributed by atoms with E-state index in [1.165, 1.54) is 0 Å². The summed E-state index contributed by atoms with van der Waals surface area (Å²) in [7, 11) is 0. The molecule has 5 heteroatoms. The topological polar surface area (TPSA) is 83.6 Å². The lowest BCUT2D eigenvalue weighted by atomic mass is 9.80. The van der Waals surface area contributed by atoms with Gasteiger partial charge < -0.3 is 15.7 Å². The summed E-state index contributed by atoms with van der Waals surface area (Å²) in [5.41, 5.74) is 5.98. The van der Waals surface area contributed by atoms with Crippen LogP contribution in [0.15, 0.2) is 24.3 Å². The number of para-hydroxylation sites is 1. The molecule has 1 aromatic rings. The van der Waals surface area contributed by atoms with Gasteiger partial charge in [0.05, 0.1) is 11.0 Å². The van der Waals surface area contributed by atoms with Crippen LogP contribution in [0.1, 0.15) is 30.1 Å². The zero-order chi connectivity index (χ0) is 14.0. The molecule has 19 heavy (non-hydrogen) atoms. The Morgan fingerprint density at radius 2 is 1.84 bits per heavy atom. The number of carbonyl (C=O) groups is 2. The van der Waals surface area contributed by atoms with Crippen LogP contribution in [0.2, 0.25) is 0 Å². The number of rotatable bonds is 3. The first-order valence-corrected chi connectivity index (χ1v) is 6.31. The van der Waals surface area contributed by atoms with Gasteiger partial charge in [0.15, 0.2) is 0 Å². The summed E-state index contributed by atoms with van der Waals surface area (Å²) < 4.78 is 0. The van der Waals surface area contributed by atoms with Gasteiger partial charge in [0, 0.05) is 18.8 Å². The Labute approximate surface area is 112 Å². The molecule has 5 nitrogen and oxygen atoms in total. The molecule has 1 aromatic carbocycles. The molecule has 0 aromatic heterocycles. The van der Waals surface area contributed by atoms with Gasteiger partial charge in [-0.2, -0.15) is 0 Å². The highest BCUT2D eigenvalue weighted by molar-refractivity contribution is 5.98. The van der Waals surface area contributed by atoms with Gasteiger partial charge in [-0.1, -0.05) is 12.1 Å². The van der Waals surface area contributed by atoms with Crippen LogP contribution in [0.4, 0.5) is 5.69 Å². The van der Waals surface area contributed by atoms with Gasteiger partial charge in [-0.05, 0) is 31.9 Å². The molecule has 0 saturated carbocycles. The molecule has 0 atom stereocenters. The minimum atomic E-state index is -0.754. The van der Waals surface area contributed by atoms with Crippen molar-refractivity contribution in [3.63, 3.8) is 0 Å². The molecule has 0 spiro atoms. The number of carboxylic acid groups (broad SMARTS) is 1. The number of carbonyl (C=O) groups excluding carboxylic acids is 1. The predicted octanol–water partition coefficient (Wildman–Crippen LogP) is 1.48. The number of carboxylic acids is 1. The van der Waals surface area contributed by atoms with Gasteiger partial charge in [0.2, 0.25) is 0 Å². The summed E-state index contributed by atoms with van der Waals surface area (Å²) in [6, 6.07) is 7.17. The van der Waals surface area contributed by atoms with Gasteiger partial charge in [-0.15, -0.1) is 0 Å². The van der Waals surface area contributed by atoms with Crippen LogP contribution in [-0.2, 0) is 4.79 Å². The SMILES string of the molecule is CC1(C(=O)O)CCN(c2ccccc2C(N)=O)CC1. The zero-order valence-corrected chi connectivity index (χ0v) is 10.9. The maximum Gasteiger partial charge on any atom is 0.309 e. The molecule has 2 rings (SSSR count). The Morgan fingerprint density at radius 3 is 2.37 bits per heavy atom. The quantitative estimate of drug-likeness (QED) is 0.864. The lowest BCUT2D eigenvalue weighted by Gasteiger charge is -2.38. The summed E-state index contributed by atoms with van der Waals surface area (Å²) in [6.07, 6.45) is 1.13. The molecular weight excluding hydrogens is 244 g/mol. The number of aliphatic carboxylic acids is 1. The molecule has 0 bridgehead atoms. The smallest absolute Gasteiger partial charge is 0.309 e. The Kier molecular flexibility index (Phi) is 3.46. The number of hydrogen-bond acceptors (Lipinski definition) is 3. The second kappa shape index (κ2) is 4.91. The Hall–Kier alpha value is -2.04. The average molecular weight is 262 g/mol. The van der Waals surface area contributed by atoms with Crippen LogP contribution in [0, 0.1) is 5.41 Å². The molecule has 102 valence electrons. The number of nitrogens with zero attached hydrogens (tertiary/aromatic N) is 1. The highest BCUT2D eigenvalue weighted by Gasteiger charge is 2.37. The summed E-state index contributed by atoms with van der Waals surface area (Å²) in [5.74, 6) is -1.21. The number of primary amides is 1. The molecule has 1 amide bonds. The predicted molar refractivity (Wildman–Crippen MR) is 72.1 cm³/mol. The Morgan fingerprint density at radius 1 is 1.26 bits per heavy atom. The zero-order valence-electron chi connectivity index (χ0n) is 10.9. The molecular formula is C14H18N2O3. The van der Waals surface area contributed by atoms with Crippen LogP contribution in [0.25, 0.3) is 0 Å². The lowest BCUT2D eigenvalue weighted by molar-refractivity contribution is -0.149. The number of anilines is 1. The van der Waals surface area contributed by atoms with Crippen LogP contribution < -0.4 is 10.6 Å². The van der Waals surface area contributed by atoms with E-state index in [2.05, 4.69) is 0 Å². The molecule has 0 aliphatic carbocycles. The molecule has 3 N–H and O–H groups in total. The van der Waals surface area contributed by atoms with Crippen molar-refractivity contribution >= 4 is 17.6 Å². The molecule has 1 saturated heterocycles. The summed E-state index contributed by atoms with van der Waals surface area (Å²) in [6.45, 7) is 3.01. The van der Waals surface area contributed by atoms with Crippen molar-refractivity contribution in [3.8, 4) is 0 Å². The third kappa shape index (κ3) is 2.54. The van der Waals surface area contributed by atoms with Crippen LogP contribution in [0.3, 0.4) is 0 Å². The van der Waals surface area contributed by atoms with Gasteiger partial charge in [0.1, 0.15) is 0 Å². The van der Waals surface area contributed by atoms with Crippen LogP contribution in [0.5, 0.6) is 0 Å². The molecule has 1 aliphatic rings. The highest BCUT2D eigenvalue weighted by Crippen LogP contribution is 2.34. The maximum absolute atomic E-state index is 11.4. The number of benzene rings is 1. The number of nitrogens with two attached hydrogens (primary N) is 1. The van der Waals surface area contributed by atoms with E-state index >= 15 is 0 Å². The maximum atomic E-state index is 11.4. The average Bonchev–Trinajstić information content (AvgIpc) is 2.39. The number of amides is 1. The monoisotopic (exact) mass is 262 g/mol. The highest BCUT2D eigenvalue weighted by atomic mass is 16.4. The lowest BCUT2D eigenvalue weighted by Crippen LogP contribution is -2.43. The first-order valence-electron chi connectivity index (χ1n) is 6.31. The van der Waals surface area contributed by atoms with Gasteiger partial charge in [-0.25, -0.2) is 0 Å². The van der Waals surface area contributed by atoms with E-state index in [4.69, 9.17) is 5.73 Å². The summed E-state index contributed by atoms with van der Waals surface area (Å²) >= 11 is 0. The van der Waals surface area contributed by atoms with Gasteiger partial charge in [-0.3, -0.25) is 9.59 Å². The molecule has 1 fully saturated rings. The van der Waals surface area contributed by atoms with E-state index in [0.717, 1.165) is 5.69 Å². The van der Waals surface area contributed by atoms with Gasteiger partial charge >= 0.3 is 5.97 Å².